The molecule has 7 heteroatoms. The highest BCUT2D eigenvalue weighted by Crippen LogP contribution is 2.28. The second-order valence-electron chi connectivity index (χ2n) is 4.13. The van der Waals surface area contributed by atoms with Crippen LogP contribution in [0.5, 0.6) is 0 Å². The molecule has 1 aromatic carbocycles. The van der Waals surface area contributed by atoms with E-state index < -0.39 is 12.1 Å². The van der Waals surface area contributed by atoms with Gasteiger partial charge in [0.2, 0.25) is 0 Å². The Labute approximate surface area is 121 Å². The Hall–Kier alpha value is -1.46. The number of rotatable bonds is 3. The number of nitrogens with zero attached hydrogens (tertiary/aromatic N) is 1. The molecule has 0 heterocycles. The molecule has 1 rings (SSSR count). The van der Waals surface area contributed by atoms with Gasteiger partial charge in [-0.2, -0.15) is 0 Å². The van der Waals surface area contributed by atoms with E-state index in [2.05, 4.69) is 0 Å². The second-order valence-corrected chi connectivity index (χ2v) is 4.97. The smallest absolute Gasteiger partial charge is 0.341 e. The summed E-state index contributed by atoms with van der Waals surface area (Å²) in [5, 5.41) is 0.420. The van der Waals surface area contributed by atoms with Gasteiger partial charge in [0.15, 0.2) is 6.10 Å². The number of nitrogens with two attached hydrogens (primary N) is 1. The lowest BCUT2D eigenvalue weighted by Crippen LogP contribution is -2.35. The first-order valence-electron chi connectivity index (χ1n) is 5.40. The Morgan fingerprint density at radius 1 is 1.32 bits per heavy atom. The third-order valence-electron chi connectivity index (χ3n) is 2.39. The molecular weight excluding hydrogens is 291 g/mol. The van der Waals surface area contributed by atoms with Crippen LogP contribution in [0.3, 0.4) is 0 Å². The average Bonchev–Trinajstić information content (AvgIpc) is 2.32. The molecule has 0 aliphatic rings. The fraction of sp³-hybridized carbons (Fsp3) is 0.333. The van der Waals surface area contributed by atoms with Crippen molar-refractivity contribution in [2.75, 3.05) is 19.8 Å². The Morgan fingerprint density at radius 3 is 2.42 bits per heavy atom. The van der Waals surface area contributed by atoms with Gasteiger partial charge in [-0.3, -0.25) is 4.79 Å². The number of hydrogen-bond acceptors (Lipinski definition) is 4. The van der Waals surface area contributed by atoms with Crippen LogP contribution >= 0.6 is 23.2 Å². The summed E-state index contributed by atoms with van der Waals surface area (Å²) in [6.45, 7) is 1.47. The van der Waals surface area contributed by atoms with Crippen molar-refractivity contribution in [2.45, 2.75) is 13.0 Å². The number of anilines is 1. The van der Waals surface area contributed by atoms with Gasteiger partial charge in [0, 0.05) is 19.1 Å². The lowest BCUT2D eigenvalue weighted by molar-refractivity contribution is -0.137. The highest BCUT2D eigenvalue weighted by atomic mass is 35.5. The largest absolute Gasteiger partial charge is 0.449 e. The lowest BCUT2D eigenvalue weighted by atomic mass is 10.2. The molecule has 0 radical (unpaired) electrons. The van der Waals surface area contributed by atoms with Crippen molar-refractivity contribution in [3.8, 4) is 0 Å². The zero-order valence-electron chi connectivity index (χ0n) is 10.7. The average molecular weight is 305 g/mol. The minimum absolute atomic E-state index is 0.0379. The van der Waals surface area contributed by atoms with Crippen molar-refractivity contribution in [3.05, 3.63) is 27.7 Å². The van der Waals surface area contributed by atoms with E-state index in [1.54, 1.807) is 14.1 Å². The zero-order valence-corrected chi connectivity index (χ0v) is 12.2. The molecule has 0 aromatic heterocycles. The summed E-state index contributed by atoms with van der Waals surface area (Å²) in [4.78, 5) is 24.8. The molecule has 104 valence electrons. The van der Waals surface area contributed by atoms with Crippen molar-refractivity contribution in [2.24, 2.45) is 0 Å². The molecule has 2 N–H and O–H groups in total. The molecule has 5 nitrogen and oxygen atoms in total. The Bertz CT molecular complexity index is 518. The minimum Gasteiger partial charge on any atom is -0.449 e. The van der Waals surface area contributed by atoms with E-state index in [1.165, 1.54) is 24.0 Å². The van der Waals surface area contributed by atoms with E-state index in [4.69, 9.17) is 33.7 Å². The Balaban J connectivity index is 2.93. The van der Waals surface area contributed by atoms with E-state index in [-0.39, 0.29) is 27.2 Å². The monoisotopic (exact) mass is 304 g/mol. The summed E-state index contributed by atoms with van der Waals surface area (Å²) in [6, 6.07) is 2.77. The van der Waals surface area contributed by atoms with Gasteiger partial charge < -0.3 is 15.4 Å². The minimum atomic E-state index is -0.917. The number of carbonyl (C=O) groups excluding carboxylic acids is 2. The van der Waals surface area contributed by atoms with Crippen molar-refractivity contribution in [1.29, 1.82) is 0 Å². The second kappa shape index (κ2) is 6.12. The van der Waals surface area contributed by atoms with Crippen LogP contribution in [0.25, 0.3) is 0 Å². The van der Waals surface area contributed by atoms with Gasteiger partial charge in [-0.05, 0) is 19.1 Å². The van der Waals surface area contributed by atoms with E-state index >= 15 is 0 Å². The first-order valence-corrected chi connectivity index (χ1v) is 6.16. The van der Waals surface area contributed by atoms with Crippen LogP contribution < -0.4 is 5.73 Å². The highest BCUT2D eigenvalue weighted by Gasteiger charge is 2.22. The maximum atomic E-state index is 11.9. The van der Waals surface area contributed by atoms with Crippen LogP contribution in [0.1, 0.15) is 17.3 Å². The first-order chi connectivity index (χ1) is 8.73. The molecule has 0 aliphatic carbocycles. The summed E-state index contributed by atoms with van der Waals surface area (Å²) in [5.74, 6) is -1.08. The maximum absolute atomic E-state index is 11.9. The Kier molecular flexibility index (Phi) is 5.03. The van der Waals surface area contributed by atoms with Gasteiger partial charge in [-0.25, -0.2) is 4.79 Å². The normalized spacial score (nSPS) is 11.8. The fourth-order valence-electron chi connectivity index (χ4n) is 1.39. The van der Waals surface area contributed by atoms with Gasteiger partial charge in [-0.1, -0.05) is 23.2 Å². The van der Waals surface area contributed by atoms with Crippen LogP contribution in [-0.4, -0.2) is 37.0 Å². The van der Waals surface area contributed by atoms with Gasteiger partial charge in [0.05, 0.1) is 16.3 Å². The van der Waals surface area contributed by atoms with Crippen LogP contribution in [0.2, 0.25) is 10.0 Å². The number of esters is 1. The SMILES string of the molecule is C[C@@H](OC(=O)c1cc(Cl)cc(Cl)c1N)C(=O)N(C)C. The summed E-state index contributed by atoms with van der Waals surface area (Å²) >= 11 is 11.6. The molecule has 0 spiro atoms. The molecule has 0 saturated heterocycles. The predicted molar refractivity (Wildman–Crippen MR) is 74.4 cm³/mol. The van der Waals surface area contributed by atoms with Gasteiger partial charge in [-0.15, -0.1) is 0 Å². The molecule has 0 bridgehead atoms. The standard InChI is InChI=1S/C12H14Cl2N2O3/c1-6(11(17)16(2)3)19-12(18)8-4-7(13)5-9(14)10(8)15/h4-6H,15H2,1-3H3/t6-/m1/s1. The van der Waals surface area contributed by atoms with Crippen LogP contribution in [0.4, 0.5) is 5.69 Å². The number of ether oxygens (including phenoxy) is 1. The maximum Gasteiger partial charge on any atom is 0.341 e. The van der Waals surface area contributed by atoms with E-state index in [0.717, 1.165) is 0 Å². The number of benzene rings is 1. The van der Waals surface area contributed by atoms with Crippen LogP contribution in [0.15, 0.2) is 12.1 Å². The number of carbonyl (C=O) groups is 2. The van der Waals surface area contributed by atoms with Gasteiger partial charge >= 0.3 is 5.97 Å². The Morgan fingerprint density at radius 2 is 1.89 bits per heavy atom. The van der Waals surface area contributed by atoms with Crippen LogP contribution in [0, 0.1) is 0 Å². The highest BCUT2D eigenvalue weighted by molar-refractivity contribution is 6.37. The molecule has 0 unspecified atom stereocenters. The first kappa shape index (κ1) is 15.6. The number of hydrogen-bond donors (Lipinski definition) is 1. The summed E-state index contributed by atoms with van der Waals surface area (Å²) in [7, 11) is 3.13. The topological polar surface area (TPSA) is 72.6 Å². The number of nitrogen functional groups attached to an aromatic ring is 1. The molecule has 1 atom stereocenters. The van der Waals surface area contributed by atoms with Crippen molar-refractivity contribution in [3.63, 3.8) is 0 Å². The molecule has 1 amide bonds. The van der Waals surface area contributed by atoms with Gasteiger partial charge in [0.1, 0.15) is 0 Å². The molecule has 0 fully saturated rings. The van der Waals surface area contributed by atoms with Crippen molar-refractivity contribution >= 4 is 40.8 Å². The third kappa shape index (κ3) is 3.75. The van der Waals surface area contributed by atoms with E-state index in [1.807, 2.05) is 0 Å². The summed E-state index contributed by atoms with van der Waals surface area (Å²) in [6.07, 6.45) is -0.917. The zero-order chi connectivity index (χ0) is 14.7. The van der Waals surface area contributed by atoms with Crippen molar-refractivity contribution < 1.29 is 14.3 Å². The van der Waals surface area contributed by atoms with E-state index in [0.29, 0.717) is 0 Å². The molecular formula is C12H14Cl2N2O3. The van der Waals surface area contributed by atoms with Gasteiger partial charge in [0.25, 0.3) is 5.91 Å². The summed E-state index contributed by atoms with van der Waals surface area (Å²) in [5.41, 5.74) is 5.79. The van der Waals surface area contributed by atoms with Crippen LogP contribution in [-0.2, 0) is 9.53 Å². The quantitative estimate of drug-likeness (QED) is 0.686. The number of amides is 1. The molecule has 0 saturated carbocycles. The predicted octanol–water partition coefficient (Wildman–Crippen LogP) is 2.21. The third-order valence-corrected chi connectivity index (χ3v) is 2.92. The molecule has 19 heavy (non-hydrogen) atoms. The molecule has 1 aromatic rings. The number of halogens is 2. The number of likely N-dealkylation sites (N-methyl/N-ethyl adjacent to an activating group) is 1. The van der Waals surface area contributed by atoms with E-state index in [9.17, 15) is 9.59 Å². The summed E-state index contributed by atoms with van der Waals surface area (Å²) < 4.78 is 5.02. The fourth-order valence-corrected chi connectivity index (χ4v) is 1.89. The lowest BCUT2D eigenvalue weighted by Gasteiger charge is -2.17. The van der Waals surface area contributed by atoms with Crippen molar-refractivity contribution in [1.82, 2.24) is 4.90 Å². The molecule has 0 aliphatic heterocycles.